The Kier molecular flexibility index (Phi) is 14.1. The molecule has 0 radical (unpaired) electrons. The molecule has 23 heavy (non-hydrogen) atoms. The van der Waals surface area contributed by atoms with Crippen LogP contribution in [0.2, 0.25) is 13.3 Å². The maximum absolute atomic E-state index is 2.85. The van der Waals surface area contributed by atoms with E-state index in [1.165, 1.54) is 64.2 Å². The first-order chi connectivity index (χ1) is 10.9. The fraction of sp³-hybridized carbons (Fsp3) is 0.909. The van der Waals surface area contributed by atoms with Gasteiger partial charge in [-0.05, 0) is 0 Å². The SMILES string of the molecule is CCC[CH2][Sn](/[CH]=C/CCCCC(C)(C)C)([CH2]CCC)[CH2]CCC. The Hall–Kier alpha value is 0.539. The molecule has 0 saturated carbocycles. The van der Waals surface area contributed by atoms with Crippen LogP contribution in [-0.2, 0) is 0 Å². The van der Waals surface area contributed by atoms with Gasteiger partial charge in [0.1, 0.15) is 0 Å². The molecule has 0 N–H and O–H groups in total. The Morgan fingerprint density at radius 2 is 1.17 bits per heavy atom. The zero-order chi connectivity index (χ0) is 17.6. The molecule has 0 nitrogen and oxygen atoms in total. The first-order valence-electron chi connectivity index (χ1n) is 10.6. The predicted molar refractivity (Wildman–Crippen MR) is 112 cm³/mol. The van der Waals surface area contributed by atoms with E-state index in [0.717, 1.165) is 0 Å². The molecule has 0 rings (SSSR count). The fourth-order valence-electron chi connectivity index (χ4n) is 3.46. The van der Waals surface area contributed by atoms with E-state index in [1.807, 2.05) is 0 Å². The topological polar surface area (TPSA) is 0 Å². The van der Waals surface area contributed by atoms with Gasteiger partial charge in [0.2, 0.25) is 0 Å². The Morgan fingerprint density at radius 3 is 1.57 bits per heavy atom. The van der Waals surface area contributed by atoms with Crippen molar-refractivity contribution in [3.05, 3.63) is 10.2 Å². The van der Waals surface area contributed by atoms with Crippen LogP contribution < -0.4 is 0 Å². The summed E-state index contributed by atoms with van der Waals surface area (Å²) in [5, 5.41) is 0. The van der Waals surface area contributed by atoms with Crippen molar-refractivity contribution < 1.29 is 0 Å². The van der Waals surface area contributed by atoms with Gasteiger partial charge in [-0.1, -0.05) is 0 Å². The minimum absolute atomic E-state index is 0.510. The van der Waals surface area contributed by atoms with Crippen LogP contribution >= 0.6 is 0 Å². The molecule has 0 saturated heterocycles. The van der Waals surface area contributed by atoms with Gasteiger partial charge in [-0.2, -0.15) is 0 Å². The van der Waals surface area contributed by atoms with Gasteiger partial charge in [-0.3, -0.25) is 0 Å². The molecule has 0 bridgehead atoms. The van der Waals surface area contributed by atoms with E-state index in [4.69, 9.17) is 0 Å². The third kappa shape index (κ3) is 13.5. The number of hydrogen-bond donors (Lipinski definition) is 0. The number of allylic oxidation sites excluding steroid dienone is 1. The summed E-state index contributed by atoms with van der Waals surface area (Å²) < 4.78 is 7.70. The molecule has 1 heteroatoms. The van der Waals surface area contributed by atoms with E-state index in [9.17, 15) is 0 Å². The third-order valence-electron chi connectivity index (χ3n) is 5.10. The Balaban J connectivity index is 4.52. The molecule has 0 aliphatic heterocycles. The van der Waals surface area contributed by atoms with Crippen molar-refractivity contribution in [3.8, 4) is 0 Å². The van der Waals surface area contributed by atoms with Gasteiger partial charge in [-0.25, -0.2) is 0 Å². The average molecular weight is 429 g/mol. The molecule has 0 heterocycles. The van der Waals surface area contributed by atoms with E-state index in [2.05, 4.69) is 51.7 Å². The molecule has 0 aromatic rings. The second-order valence-corrected chi connectivity index (χ2v) is 21.9. The monoisotopic (exact) mass is 430 g/mol. The standard InChI is InChI=1S/C10H19.3C4H9.Sn/c1-5-6-7-8-9-10(2,3)4;3*1-3-4-2;/h1,5H,6-9H2,2-4H3;3*1,3-4H2,2H3;. The Bertz CT molecular complexity index is 263. The van der Waals surface area contributed by atoms with Crippen molar-refractivity contribution in [2.75, 3.05) is 0 Å². The van der Waals surface area contributed by atoms with Gasteiger partial charge in [0.25, 0.3) is 0 Å². The predicted octanol–water partition coefficient (Wildman–Crippen LogP) is 8.54. The van der Waals surface area contributed by atoms with Crippen LogP contribution in [0.15, 0.2) is 10.2 Å². The van der Waals surface area contributed by atoms with Crippen LogP contribution in [-0.4, -0.2) is 18.4 Å². The van der Waals surface area contributed by atoms with Crippen LogP contribution in [0.1, 0.15) is 106 Å². The summed E-state index contributed by atoms with van der Waals surface area (Å²) >= 11 is -1.98. The van der Waals surface area contributed by atoms with Crippen molar-refractivity contribution in [1.29, 1.82) is 0 Å². The van der Waals surface area contributed by atoms with Crippen LogP contribution in [0.5, 0.6) is 0 Å². The minimum atomic E-state index is -1.98. The van der Waals surface area contributed by atoms with Gasteiger partial charge in [0, 0.05) is 0 Å². The molecule has 0 aromatic heterocycles. The maximum atomic E-state index is 2.85. The summed E-state index contributed by atoms with van der Waals surface area (Å²) in [6.07, 6.45) is 16.7. The summed E-state index contributed by atoms with van der Waals surface area (Å²) in [5.41, 5.74) is 0.510. The molecule has 0 amide bonds. The molecule has 0 unspecified atom stereocenters. The first kappa shape index (κ1) is 23.5. The van der Waals surface area contributed by atoms with Gasteiger partial charge >= 0.3 is 153 Å². The summed E-state index contributed by atoms with van der Waals surface area (Å²) in [4.78, 5) is 0. The van der Waals surface area contributed by atoms with Gasteiger partial charge in [0.05, 0.1) is 0 Å². The van der Waals surface area contributed by atoms with Crippen molar-refractivity contribution in [1.82, 2.24) is 0 Å². The summed E-state index contributed by atoms with van der Waals surface area (Å²) in [5.74, 6) is 0. The van der Waals surface area contributed by atoms with E-state index >= 15 is 0 Å². The molecule has 0 aromatic carbocycles. The number of rotatable bonds is 14. The van der Waals surface area contributed by atoms with Crippen LogP contribution in [0.3, 0.4) is 0 Å². The molecular weight excluding hydrogens is 383 g/mol. The van der Waals surface area contributed by atoms with E-state index in [1.54, 1.807) is 13.3 Å². The van der Waals surface area contributed by atoms with E-state index in [0.29, 0.717) is 5.41 Å². The van der Waals surface area contributed by atoms with Crippen molar-refractivity contribution >= 4 is 18.4 Å². The van der Waals surface area contributed by atoms with Gasteiger partial charge < -0.3 is 0 Å². The number of unbranched alkanes of at least 4 members (excludes halogenated alkanes) is 5. The van der Waals surface area contributed by atoms with E-state index < -0.39 is 18.4 Å². The Labute approximate surface area is 152 Å². The molecule has 0 fully saturated rings. The second-order valence-electron chi connectivity index (χ2n) is 8.88. The summed E-state index contributed by atoms with van der Waals surface area (Å²) in [6.45, 7) is 14.2. The summed E-state index contributed by atoms with van der Waals surface area (Å²) in [7, 11) is 0. The third-order valence-corrected chi connectivity index (χ3v) is 19.3. The Morgan fingerprint density at radius 1 is 0.696 bits per heavy atom. The van der Waals surface area contributed by atoms with Crippen LogP contribution in [0.4, 0.5) is 0 Å². The van der Waals surface area contributed by atoms with Crippen LogP contribution in [0.25, 0.3) is 0 Å². The zero-order valence-electron chi connectivity index (χ0n) is 17.3. The average Bonchev–Trinajstić information content (AvgIpc) is 2.50. The van der Waals surface area contributed by atoms with Crippen molar-refractivity contribution in [2.24, 2.45) is 5.41 Å². The molecule has 0 aliphatic rings. The second kappa shape index (κ2) is 13.8. The fourth-order valence-corrected chi connectivity index (χ4v) is 18.0. The number of hydrogen-bond acceptors (Lipinski definition) is 0. The zero-order valence-corrected chi connectivity index (χ0v) is 20.2. The van der Waals surface area contributed by atoms with Crippen molar-refractivity contribution in [3.63, 3.8) is 0 Å². The normalized spacial score (nSPS) is 13.1. The molecular formula is C22H46Sn. The van der Waals surface area contributed by atoms with Crippen molar-refractivity contribution in [2.45, 2.75) is 119 Å². The molecule has 0 spiro atoms. The van der Waals surface area contributed by atoms with Crippen LogP contribution in [0, 0.1) is 5.41 Å². The van der Waals surface area contributed by atoms with Gasteiger partial charge in [0.15, 0.2) is 0 Å². The molecule has 0 atom stereocenters. The quantitative estimate of drug-likeness (QED) is 0.192. The molecule has 0 aliphatic carbocycles. The van der Waals surface area contributed by atoms with Gasteiger partial charge in [-0.15, -0.1) is 0 Å². The first-order valence-corrected chi connectivity index (χ1v) is 18.3. The van der Waals surface area contributed by atoms with E-state index in [-0.39, 0.29) is 0 Å². The molecule has 138 valence electrons. The summed E-state index contributed by atoms with van der Waals surface area (Å²) in [6, 6.07) is 0.